The molecule has 7 heteroatoms. The van der Waals surface area contributed by atoms with Crippen LogP contribution in [0.25, 0.3) is 0 Å². The van der Waals surface area contributed by atoms with E-state index in [0.717, 1.165) is 9.75 Å². The van der Waals surface area contributed by atoms with Gasteiger partial charge in [-0.3, -0.25) is 0 Å². The lowest BCUT2D eigenvalue weighted by atomic mass is 10.4. The Labute approximate surface area is 94.7 Å². The molecule has 0 spiro atoms. The molecule has 1 aromatic rings. The third-order valence-corrected chi connectivity index (χ3v) is 2.67. The van der Waals surface area contributed by atoms with Gasteiger partial charge in [-0.15, -0.1) is 11.3 Å². The van der Waals surface area contributed by atoms with Gasteiger partial charge in [-0.1, -0.05) is 0 Å². The average molecular weight is 252 g/mol. The molecule has 0 aliphatic carbocycles. The molecule has 90 valence electrons. The molecule has 1 rings (SSSR count). The van der Waals surface area contributed by atoms with Gasteiger partial charge in [0.1, 0.15) is 6.54 Å². The van der Waals surface area contributed by atoms with Crippen molar-refractivity contribution in [1.82, 2.24) is 10.6 Å². The zero-order valence-electron chi connectivity index (χ0n) is 8.52. The van der Waals surface area contributed by atoms with E-state index in [-0.39, 0.29) is 6.54 Å². The molecule has 0 saturated carbocycles. The van der Waals surface area contributed by atoms with Crippen LogP contribution in [0.2, 0.25) is 0 Å². The van der Waals surface area contributed by atoms with E-state index in [2.05, 4.69) is 5.32 Å². The van der Waals surface area contributed by atoms with Gasteiger partial charge in [0.2, 0.25) is 0 Å². The number of aryl methyl sites for hydroxylation is 1. The first-order valence-electron chi connectivity index (χ1n) is 4.50. The second-order valence-corrected chi connectivity index (χ2v) is 4.54. The third-order valence-electron chi connectivity index (χ3n) is 1.67. The van der Waals surface area contributed by atoms with E-state index in [1.165, 1.54) is 11.3 Å². The number of rotatable bonds is 3. The van der Waals surface area contributed by atoms with Gasteiger partial charge in [0.05, 0.1) is 6.54 Å². The molecule has 0 aliphatic rings. The Balaban J connectivity index is 2.25. The Kier molecular flexibility index (Phi) is 4.17. The summed E-state index contributed by atoms with van der Waals surface area (Å²) >= 11 is 1.49. The van der Waals surface area contributed by atoms with E-state index in [0.29, 0.717) is 0 Å². The first-order chi connectivity index (χ1) is 7.37. The number of alkyl halides is 3. The zero-order chi connectivity index (χ0) is 12.2. The molecule has 0 aromatic carbocycles. The van der Waals surface area contributed by atoms with Crippen molar-refractivity contribution in [2.45, 2.75) is 19.6 Å². The molecule has 2 amide bonds. The number of carbonyl (C=O) groups is 1. The fourth-order valence-electron chi connectivity index (χ4n) is 0.991. The Morgan fingerprint density at radius 2 is 2.06 bits per heavy atom. The van der Waals surface area contributed by atoms with E-state index in [1.54, 1.807) is 5.32 Å². The van der Waals surface area contributed by atoms with E-state index < -0.39 is 18.8 Å². The molecule has 1 heterocycles. The van der Waals surface area contributed by atoms with Gasteiger partial charge in [0, 0.05) is 9.75 Å². The second-order valence-electron chi connectivity index (χ2n) is 3.16. The lowest BCUT2D eigenvalue weighted by Crippen LogP contribution is -2.40. The molecule has 2 N–H and O–H groups in total. The Morgan fingerprint density at radius 1 is 1.38 bits per heavy atom. The van der Waals surface area contributed by atoms with Crippen LogP contribution in [0.15, 0.2) is 12.1 Å². The van der Waals surface area contributed by atoms with Crippen molar-refractivity contribution >= 4 is 17.4 Å². The molecule has 0 bridgehead atoms. The van der Waals surface area contributed by atoms with E-state index in [1.807, 2.05) is 19.1 Å². The van der Waals surface area contributed by atoms with Crippen molar-refractivity contribution in [2.24, 2.45) is 0 Å². The Bertz CT molecular complexity index is 362. The minimum atomic E-state index is -4.38. The second kappa shape index (κ2) is 5.20. The van der Waals surface area contributed by atoms with Gasteiger partial charge >= 0.3 is 12.2 Å². The van der Waals surface area contributed by atoms with Crippen molar-refractivity contribution < 1.29 is 18.0 Å². The smallest absolute Gasteiger partial charge is 0.333 e. The molecule has 3 nitrogen and oxygen atoms in total. The van der Waals surface area contributed by atoms with Gasteiger partial charge in [-0.2, -0.15) is 13.2 Å². The third kappa shape index (κ3) is 5.01. The summed E-state index contributed by atoms with van der Waals surface area (Å²) in [5.74, 6) is 0. The summed E-state index contributed by atoms with van der Waals surface area (Å²) in [7, 11) is 0. The lowest BCUT2D eigenvalue weighted by molar-refractivity contribution is -0.122. The summed E-state index contributed by atoms with van der Waals surface area (Å²) in [6, 6.07) is 2.89. The first-order valence-corrected chi connectivity index (χ1v) is 5.32. The molecule has 16 heavy (non-hydrogen) atoms. The Hall–Kier alpha value is -1.24. The summed E-state index contributed by atoms with van der Waals surface area (Å²) in [4.78, 5) is 12.9. The number of halogens is 3. The number of urea groups is 1. The topological polar surface area (TPSA) is 41.1 Å². The van der Waals surface area contributed by atoms with E-state index in [9.17, 15) is 18.0 Å². The monoisotopic (exact) mass is 252 g/mol. The molecule has 0 saturated heterocycles. The Morgan fingerprint density at radius 3 is 2.56 bits per heavy atom. The number of hydrogen-bond donors (Lipinski definition) is 2. The summed E-state index contributed by atoms with van der Waals surface area (Å²) in [6.45, 7) is 0.836. The number of thiophene rings is 1. The first kappa shape index (κ1) is 12.8. The number of carbonyl (C=O) groups excluding carboxylic acids is 1. The molecule has 0 radical (unpaired) electrons. The van der Waals surface area contributed by atoms with Crippen molar-refractivity contribution in [3.63, 3.8) is 0 Å². The number of amides is 2. The highest BCUT2D eigenvalue weighted by Gasteiger charge is 2.27. The number of nitrogens with one attached hydrogen (secondary N) is 2. The normalized spacial score (nSPS) is 11.2. The fourth-order valence-corrected chi connectivity index (χ4v) is 1.82. The minimum absolute atomic E-state index is 0.238. The van der Waals surface area contributed by atoms with Crippen molar-refractivity contribution in [2.75, 3.05) is 6.54 Å². The number of hydrogen-bond acceptors (Lipinski definition) is 2. The van der Waals surface area contributed by atoms with Crippen LogP contribution >= 0.6 is 11.3 Å². The van der Waals surface area contributed by atoms with Gasteiger partial charge in [-0.05, 0) is 19.1 Å². The van der Waals surface area contributed by atoms with Gasteiger partial charge < -0.3 is 10.6 Å². The molecular formula is C9H11F3N2OS. The molecule has 0 unspecified atom stereocenters. The molecule has 0 aliphatic heterocycles. The maximum atomic E-state index is 11.7. The standard InChI is InChI=1S/C9H11F3N2OS/c1-6-2-3-7(16-6)4-13-8(15)14-5-9(10,11)12/h2-3H,4-5H2,1H3,(H2,13,14,15). The molecule has 0 atom stereocenters. The van der Waals surface area contributed by atoms with E-state index in [4.69, 9.17) is 0 Å². The van der Waals surface area contributed by atoms with Crippen LogP contribution < -0.4 is 10.6 Å². The minimum Gasteiger partial charge on any atom is -0.333 e. The van der Waals surface area contributed by atoms with Crippen LogP contribution in [0, 0.1) is 6.92 Å². The largest absolute Gasteiger partial charge is 0.405 e. The maximum absolute atomic E-state index is 11.7. The van der Waals surface area contributed by atoms with Crippen LogP contribution in [0.1, 0.15) is 9.75 Å². The highest BCUT2D eigenvalue weighted by Crippen LogP contribution is 2.14. The fraction of sp³-hybridized carbons (Fsp3) is 0.444. The van der Waals surface area contributed by atoms with Crippen LogP contribution in [-0.4, -0.2) is 18.8 Å². The predicted molar refractivity (Wildman–Crippen MR) is 55.3 cm³/mol. The summed E-state index contributed by atoms with van der Waals surface area (Å²) < 4.78 is 35.2. The quantitative estimate of drug-likeness (QED) is 0.852. The average Bonchev–Trinajstić information content (AvgIpc) is 2.57. The SMILES string of the molecule is Cc1ccc(CNC(=O)NCC(F)(F)F)s1. The van der Waals surface area contributed by atoms with Crippen LogP contribution in [0.5, 0.6) is 0 Å². The zero-order valence-corrected chi connectivity index (χ0v) is 9.34. The van der Waals surface area contributed by atoms with Gasteiger partial charge in [-0.25, -0.2) is 4.79 Å². The summed E-state index contributed by atoms with van der Waals surface area (Å²) in [6.07, 6.45) is -4.38. The lowest BCUT2D eigenvalue weighted by Gasteiger charge is -2.08. The highest BCUT2D eigenvalue weighted by atomic mass is 32.1. The van der Waals surface area contributed by atoms with Crippen molar-refractivity contribution in [3.8, 4) is 0 Å². The van der Waals surface area contributed by atoms with Crippen molar-refractivity contribution in [1.29, 1.82) is 0 Å². The van der Waals surface area contributed by atoms with E-state index >= 15 is 0 Å². The van der Waals surface area contributed by atoms with Gasteiger partial charge in [0.25, 0.3) is 0 Å². The molecular weight excluding hydrogens is 241 g/mol. The summed E-state index contributed by atoms with van der Waals surface area (Å²) in [5.41, 5.74) is 0. The molecule has 1 aromatic heterocycles. The van der Waals surface area contributed by atoms with Crippen molar-refractivity contribution in [3.05, 3.63) is 21.9 Å². The van der Waals surface area contributed by atoms with Crippen LogP contribution in [0.3, 0.4) is 0 Å². The van der Waals surface area contributed by atoms with Crippen LogP contribution in [0.4, 0.5) is 18.0 Å². The predicted octanol–water partition coefficient (Wildman–Crippen LogP) is 2.42. The van der Waals surface area contributed by atoms with Gasteiger partial charge in [0.15, 0.2) is 0 Å². The summed E-state index contributed by atoms with van der Waals surface area (Å²) in [5, 5.41) is 4.07. The maximum Gasteiger partial charge on any atom is 0.405 e. The highest BCUT2D eigenvalue weighted by molar-refractivity contribution is 7.11. The molecule has 0 fully saturated rings. The van der Waals surface area contributed by atoms with Crippen LogP contribution in [-0.2, 0) is 6.54 Å².